The minimum Gasteiger partial charge on any atom is -0.489 e. The zero-order valence-electron chi connectivity index (χ0n) is 15.9. The molecule has 2 aromatic rings. The van der Waals surface area contributed by atoms with Crippen molar-refractivity contribution in [3.05, 3.63) is 34.6 Å². The molecular formula is C20H25FN2O3S. The van der Waals surface area contributed by atoms with Crippen LogP contribution in [-0.2, 0) is 16.1 Å². The number of halogens is 1. The molecule has 7 heteroatoms. The second-order valence-corrected chi connectivity index (χ2v) is 7.84. The molecule has 1 aliphatic carbocycles. The standard InChI is InChI=1S/C20H25FN2O3S/c1-12-17(26-15-6-4-5-13(9-15)20(24)25-3)8-7-16(23-12)19-14(11-22-2)10-18(21)27-19/h7-8,10,13,15,22H,4-6,9,11H2,1-3H3/t13-,15-/m0/s1. The van der Waals surface area contributed by atoms with E-state index in [1.807, 2.05) is 26.1 Å². The Bertz CT molecular complexity index is 809. The van der Waals surface area contributed by atoms with Gasteiger partial charge in [0.05, 0.1) is 35.4 Å². The van der Waals surface area contributed by atoms with E-state index in [9.17, 15) is 9.18 Å². The highest BCUT2D eigenvalue weighted by Gasteiger charge is 2.29. The average Bonchev–Trinajstić information content (AvgIpc) is 3.03. The molecule has 27 heavy (non-hydrogen) atoms. The Morgan fingerprint density at radius 3 is 2.93 bits per heavy atom. The molecule has 1 aliphatic rings. The van der Waals surface area contributed by atoms with Crippen LogP contribution in [0.4, 0.5) is 4.39 Å². The molecule has 1 N–H and O–H groups in total. The minimum atomic E-state index is -0.217. The van der Waals surface area contributed by atoms with Gasteiger partial charge in [0.1, 0.15) is 5.75 Å². The van der Waals surface area contributed by atoms with E-state index in [1.165, 1.54) is 7.11 Å². The molecule has 1 saturated carbocycles. The molecule has 0 radical (unpaired) electrons. The Labute approximate surface area is 162 Å². The molecule has 0 unspecified atom stereocenters. The molecule has 146 valence electrons. The Hall–Kier alpha value is -1.99. The van der Waals surface area contributed by atoms with E-state index in [0.29, 0.717) is 18.7 Å². The van der Waals surface area contributed by atoms with Crippen LogP contribution < -0.4 is 10.1 Å². The van der Waals surface area contributed by atoms with Gasteiger partial charge in [0.2, 0.25) is 0 Å². The van der Waals surface area contributed by atoms with Gasteiger partial charge in [-0.25, -0.2) is 4.98 Å². The number of methoxy groups -OCH3 is 1. The number of esters is 1. The summed E-state index contributed by atoms with van der Waals surface area (Å²) in [6.45, 7) is 2.48. The Kier molecular flexibility index (Phi) is 6.44. The van der Waals surface area contributed by atoms with Crippen LogP contribution in [0.25, 0.3) is 10.6 Å². The molecule has 2 heterocycles. The first-order valence-corrected chi connectivity index (χ1v) is 9.98. The molecule has 0 saturated heterocycles. The summed E-state index contributed by atoms with van der Waals surface area (Å²) >= 11 is 1.10. The normalized spacial score (nSPS) is 19.7. The lowest BCUT2D eigenvalue weighted by Gasteiger charge is -2.28. The van der Waals surface area contributed by atoms with Crippen molar-refractivity contribution < 1.29 is 18.7 Å². The van der Waals surface area contributed by atoms with Crippen molar-refractivity contribution in [1.82, 2.24) is 10.3 Å². The maximum atomic E-state index is 13.7. The first-order valence-electron chi connectivity index (χ1n) is 9.17. The van der Waals surface area contributed by atoms with Gasteiger partial charge in [-0.15, -0.1) is 11.3 Å². The van der Waals surface area contributed by atoms with E-state index in [-0.39, 0.29) is 23.1 Å². The summed E-state index contributed by atoms with van der Waals surface area (Å²) in [6.07, 6.45) is 3.35. The monoisotopic (exact) mass is 392 g/mol. The van der Waals surface area contributed by atoms with Gasteiger partial charge in [0, 0.05) is 6.54 Å². The number of hydrogen-bond donors (Lipinski definition) is 1. The number of ether oxygens (including phenoxy) is 2. The number of carbonyl (C=O) groups is 1. The highest BCUT2D eigenvalue weighted by Crippen LogP contribution is 2.34. The minimum absolute atomic E-state index is 0.0202. The largest absolute Gasteiger partial charge is 0.489 e. The number of pyridine rings is 1. The highest BCUT2D eigenvalue weighted by atomic mass is 32.1. The predicted octanol–water partition coefficient (Wildman–Crippen LogP) is 4.09. The molecule has 5 nitrogen and oxygen atoms in total. The third-order valence-corrected chi connectivity index (χ3v) is 5.86. The van der Waals surface area contributed by atoms with Gasteiger partial charge in [-0.3, -0.25) is 4.79 Å². The lowest BCUT2D eigenvalue weighted by Crippen LogP contribution is -2.30. The average molecular weight is 392 g/mol. The van der Waals surface area contributed by atoms with Crippen molar-refractivity contribution in [2.24, 2.45) is 5.92 Å². The molecule has 0 amide bonds. The number of hydrogen-bond acceptors (Lipinski definition) is 6. The second-order valence-electron chi connectivity index (χ2n) is 6.84. The number of carbonyl (C=O) groups excluding carboxylic acids is 1. The van der Waals surface area contributed by atoms with Gasteiger partial charge in [0.25, 0.3) is 0 Å². The van der Waals surface area contributed by atoms with Crippen LogP contribution in [-0.4, -0.2) is 31.2 Å². The molecular weight excluding hydrogens is 367 g/mol. The summed E-state index contributed by atoms with van der Waals surface area (Å²) in [5.41, 5.74) is 2.40. The van der Waals surface area contributed by atoms with Crippen molar-refractivity contribution in [2.45, 2.75) is 45.3 Å². The fraction of sp³-hybridized carbons (Fsp3) is 0.500. The number of nitrogens with one attached hydrogen (secondary N) is 1. The summed E-state index contributed by atoms with van der Waals surface area (Å²) in [5.74, 6) is 0.450. The summed E-state index contributed by atoms with van der Waals surface area (Å²) in [5, 5.41) is 2.84. The molecule has 0 bridgehead atoms. The van der Waals surface area contributed by atoms with Crippen LogP contribution >= 0.6 is 11.3 Å². The summed E-state index contributed by atoms with van der Waals surface area (Å²) in [7, 11) is 3.26. The Balaban J connectivity index is 1.75. The fourth-order valence-corrected chi connectivity index (χ4v) is 4.42. The van der Waals surface area contributed by atoms with Crippen molar-refractivity contribution in [2.75, 3.05) is 14.2 Å². The van der Waals surface area contributed by atoms with Crippen molar-refractivity contribution in [3.8, 4) is 16.3 Å². The smallest absolute Gasteiger partial charge is 0.308 e. The first-order chi connectivity index (χ1) is 13.0. The number of nitrogens with zero attached hydrogens (tertiary/aromatic N) is 1. The quantitative estimate of drug-likeness (QED) is 0.751. The van der Waals surface area contributed by atoms with Crippen LogP contribution in [0, 0.1) is 18.0 Å². The topological polar surface area (TPSA) is 60.5 Å². The lowest BCUT2D eigenvalue weighted by atomic mass is 9.87. The van der Waals surface area contributed by atoms with E-state index in [0.717, 1.165) is 52.4 Å². The molecule has 2 aromatic heterocycles. The molecule has 1 fully saturated rings. The van der Waals surface area contributed by atoms with Gasteiger partial charge >= 0.3 is 5.97 Å². The maximum Gasteiger partial charge on any atom is 0.308 e. The number of aromatic nitrogens is 1. The van der Waals surface area contributed by atoms with Crippen LogP contribution in [0.15, 0.2) is 18.2 Å². The van der Waals surface area contributed by atoms with E-state index in [4.69, 9.17) is 9.47 Å². The molecule has 0 spiro atoms. The van der Waals surface area contributed by atoms with Crippen LogP contribution in [0.3, 0.4) is 0 Å². The van der Waals surface area contributed by atoms with Gasteiger partial charge in [-0.2, -0.15) is 4.39 Å². The molecule has 3 rings (SSSR count). The molecule has 0 aromatic carbocycles. The fourth-order valence-electron chi connectivity index (χ4n) is 3.55. The van der Waals surface area contributed by atoms with Crippen molar-refractivity contribution in [3.63, 3.8) is 0 Å². The third kappa shape index (κ3) is 4.65. The summed E-state index contributed by atoms with van der Waals surface area (Å²) < 4.78 is 24.7. The SMILES string of the molecule is CNCc1cc(F)sc1-c1ccc(O[C@H]2CCC[C@H](C(=O)OC)C2)c(C)n1. The van der Waals surface area contributed by atoms with Crippen molar-refractivity contribution >= 4 is 17.3 Å². The number of rotatable bonds is 6. The number of thiophene rings is 1. The van der Waals surface area contributed by atoms with Crippen LogP contribution in [0.5, 0.6) is 5.75 Å². The van der Waals surface area contributed by atoms with Gasteiger partial charge in [-0.05, 0) is 63.4 Å². The van der Waals surface area contributed by atoms with E-state index in [2.05, 4.69) is 10.3 Å². The summed E-state index contributed by atoms with van der Waals surface area (Å²) in [6, 6.07) is 5.31. The van der Waals surface area contributed by atoms with Crippen LogP contribution in [0.2, 0.25) is 0 Å². The van der Waals surface area contributed by atoms with Gasteiger partial charge in [-0.1, -0.05) is 0 Å². The lowest BCUT2D eigenvalue weighted by molar-refractivity contribution is -0.147. The zero-order valence-corrected chi connectivity index (χ0v) is 16.7. The molecule has 0 aliphatic heterocycles. The summed E-state index contributed by atoms with van der Waals surface area (Å²) in [4.78, 5) is 17.3. The zero-order chi connectivity index (χ0) is 19.4. The van der Waals surface area contributed by atoms with Gasteiger partial charge in [0.15, 0.2) is 5.13 Å². The van der Waals surface area contributed by atoms with E-state index < -0.39 is 0 Å². The van der Waals surface area contributed by atoms with Crippen molar-refractivity contribution in [1.29, 1.82) is 0 Å². The predicted molar refractivity (Wildman–Crippen MR) is 103 cm³/mol. The first kappa shape index (κ1) is 19.8. The second kappa shape index (κ2) is 8.80. The van der Waals surface area contributed by atoms with Gasteiger partial charge < -0.3 is 14.8 Å². The maximum absolute atomic E-state index is 13.7. The third-order valence-electron chi connectivity index (χ3n) is 4.87. The van der Waals surface area contributed by atoms with Crippen LogP contribution in [0.1, 0.15) is 36.9 Å². The highest BCUT2D eigenvalue weighted by molar-refractivity contribution is 7.14. The Morgan fingerprint density at radius 2 is 2.22 bits per heavy atom. The van der Waals surface area contributed by atoms with E-state index in [1.54, 1.807) is 6.07 Å². The molecule has 2 atom stereocenters. The number of aryl methyl sites for hydroxylation is 1. The Morgan fingerprint density at radius 1 is 1.41 bits per heavy atom. The van der Waals surface area contributed by atoms with E-state index >= 15 is 0 Å².